The van der Waals surface area contributed by atoms with E-state index < -0.39 is 0 Å². The Morgan fingerprint density at radius 1 is 1.10 bits per heavy atom. The quantitative estimate of drug-likeness (QED) is 0.515. The van der Waals surface area contributed by atoms with E-state index in [4.69, 9.17) is 21.1 Å². The summed E-state index contributed by atoms with van der Waals surface area (Å²) < 4.78 is 10.5. The molecule has 0 bridgehead atoms. The molecule has 30 heavy (non-hydrogen) atoms. The number of nitrogens with one attached hydrogen (secondary N) is 1. The Labute approximate surface area is 182 Å². The fraction of sp³-hybridized carbons (Fsp3) is 0.364. The van der Waals surface area contributed by atoms with Gasteiger partial charge in [0.05, 0.1) is 27.0 Å². The smallest absolute Gasteiger partial charge is 0.254 e. The largest absolute Gasteiger partial charge is 0.497 e. The summed E-state index contributed by atoms with van der Waals surface area (Å²) in [6.45, 7) is 4.57. The van der Waals surface area contributed by atoms with Crippen molar-refractivity contribution in [3.63, 3.8) is 0 Å². The second kappa shape index (κ2) is 11.0. The van der Waals surface area contributed by atoms with Crippen LogP contribution in [0.4, 0.5) is 0 Å². The zero-order chi connectivity index (χ0) is 21.3. The van der Waals surface area contributed by atoms with Crippen LogP contribution >= 0.6 is 11.6 Å². The molecule has 1 fully saturated rings. The van der Waals surface area contributed by atoms with Crippen LogP contribution in [0.2, 0.25) is 5.02 Å². The van der Waals surface area contributed by atoms with Gasteiger partial charge < -0.3 is 9.47 Å². The van der Waals surface area contributed by atoms with Gasteiger partial charge in [0.2, 0.25) is 0 Å². The standard InChI is InChI=1S/C22H27ClN4O3/c1-29-19-7-8-21(30-2)18(13-19)14-24-25-22(28)16-27-11-9-26(10-12-27)15-17-5-3-4-6-20(17)23/h3-8,13-14H,9-12,15-16H2,1-2H3,(H,25,28)/b24-14+. The second-order valence-electron chi connectivity index (χ2n) is 7.04. The highest BCUT2D eigenvalue weighted by atomic mass is 35.5. The van der Waals surface area contributed by atoms with Crippen molar-refractivity contribution in [2.24, 2.45) is 5.10 Å². The average Bonchev–Trinajstić information content (AvgIpc) is 2.76. The van der Waals surface area contributed by atoms with Crippen LogP contribution in [0.5, 0.6) is 11.5 Å². The van der Waals surface area contributed by atoms with Crippen molar-refractivity contribution in [3.8, 4) is 11.5 Å². The van der Waals surface area contributed by atoms with Crippen molar-refractivity contribution in [1.29, 1.82) is 0 Å². The number of hydrogen-bond acceptors (Lipinski definition) is 6. The third-order valence-corrected chi connectivity index (χ3v) is 5.38. The molecular weight excluding hydrogens is 404 g/mol. The van der Waals surface area contributed by atoms with Crippen LogP contribution in [0, 0.1) is 0 Å². The highest BCUT2D eigenvalue weighted by Crippen LogP contribution is 2.22. The molecule has 7 nitrogen and oxygen atoms in total. The van der Waals surface area contributed by atoms with E-state index in [1.807, 2.05) is 18.2 Å². The highest BCUT2D eigenvalue weighted by Gasteiger charge is 2.19. The van der Waals surface area contributed by atoms with Crippen LogP contribution in [0.25, 0.3) is 0 Å². The van der Waals surface area contributed by atoms with E-state index >= 15 is 0 Å². The minimum Gasteiger partial charge on any atom is -0.497 e. The Kier molecular flexibility index (Phi) is 8.07. The van der Waals surface area contributed by atoms with Crippen LogP contribution in [-0.4, -0.2) is 68.9 Å². The first kappa shape index (κ1) is 22.1. The molecule has 0 aromatic heterocycles. The van der Waals surface area contributed by atoms with Crippen molar-refractivity contribution < 1.29 is 14.3 Å². The predicted octanol–water partition coefficient (Wildman–Crippen LogP) is 2.63. The molecule has 160 valence electrons. The van der Waals surface area contributed by atoms with Gasteiger partial charge in [0.1, 0.15) is 11.5 Å². The normalized spacial score (nSPS) is 15.3. The van der Waals surface area contributed by atoms with E-state index in [-0.39, 0.29) is 5.91 Å². The van der Waals surface area contributed by atoms with Crippen LogP contribution in [0.1, 0.15) is 11.1 Å². The van der Waals surface area contributed by atoms with Gasteiger partial charge in [-0.25, -0.2) is 5.43 Å². The summed E-state index contributed by atoms with van der Waals surface area (Å²) in [6.07, 6.45) is 1.56. The van der Waals surface area contributed by atoms with Crippen molar-refractivity contribution in [2.75, 3.05) is 46.9 Å². The first-order valence-electron chi connectivity index (χ1n) is 9.81. The molecule has 1 heterocycles. The lowest BCUT2D eigenvalue weighted by Gasteiger charge is -2.34. The molecular formula is C22H27ClN4O3. The average molecular weight is 431 g/mol. The third-order valence-electron chi connectivity index (χ3n) is 5.01. The molecule has 3 rings (SSSR count). The third kappa shape index (κ3) is 6.19. The molecule has 0 atom stereocenters. The Bertz CT molecular complexity index is 882. The number of rotatable bonds is 8. The molecule has 0 radical (unpaired) electrons. The molecule has 8 heteroatoms. The minimum absolute atomic E-state index is 0.146. The van der Waals surface area contributed by atoms with E-state index in [0.717, 1.165) is 48.9 Å². The maximum Gasteiger partial charge on any atom is 0.254 e. The fourth-order valence-corrected chi connectivity index (χ4v) is 3.52. The molecule has 1 N–H and O–H groups in total. The number of ether oxygens (including phenoxy) is 2. The number of carbonyl (C=O) groups excluding carboxylic acids is 1. The van der Waals surface area contributed by atoms with Crippen LogP contribution in [0.15, 0.2) is 47.6 Å². The van der Waals surface area contributed by atoms with E-state index in [1.54, 1.807) is 38.6 Å². The minimum atomic E-state index is -0.146. The van der Waals surface area contributed by atoms with Gasteiger partial charge in [0.25, 0.3) is 5.91 Å². The first-order valence-corrected chi connectivity index (χ1v) is 10.2. The maximum atomic E-state index is 12.2. The van der Waals surface area contributed by atoms with Gasteiger partial charge in [0.15, 0.2) is 0 Å². The summed E-state index contributed by atoms with van der Waals surface area (Å²) in [4.78, 5) is 16.7. The number of amides is 1. The summed E-state index contributed by atoms with van der Waals surface area (Å²) in [6, 6.07) is 13.3. The number of benzene rings is 2. The monoisotopic (exact) mass is 430 g/mol. The van der Waals surface area contributed by atoms with Crippen LogP contribution in [0.3, 0.4) is 0 Å². The Morgan fingerprint density at radius 3 is 2.53 bits per heavy atom. The molecule has 0 saturated carbocycles. The number of halogens is 1. The molecule has 1 aliphatic heterocycles. The van der Waals surface area contributed by atoms with Gasteiger partial charge in [-0.15, -0.1) is 0 Å². The summed E-state index contributed by atoms with van der Waals surface area (Å²) in [7, 11) is 3.18. The van der Waals surface area contributed by atoms with Crippen LogP contribution < -0.4 is 14.9 Å². The summed E-state index contributed by atoms with van der Waals surface area (Å²) >= 11 is 6.25. The number of carbonyl (C=O) groups is 1. The van der Waals surface area contributed by atoms with E-state index in [0.29, 0.717) is 18.0 Å². The number of piperazine rings is 1. The topological polar surface area (TPSA) is 66.4 Å². The van der Waals surface area contributed by atoms with Gasteiger partial charge in [-0.05, 0) is 29.8 Å². The summed E-state index contributed by atoms with van der Waals surface area (Å²) in [5, 5.41) is 4.86. The van der Waals surface area contributed by atoms with Gasteiger partial charge in [-0.1, -0.05) is 29.8 Å². The zero-order valence-electron chi connectivity index (χ0n) is 17.3. The molecule has 1 saturated heterocycles. The van der Waals surface area contributed by atoms with Gasteiger partial charge in [-0.3, -0.25) is 14.6 Å². The second-order valence-corrected chi connectivity index (χ2v) is 7.45. The molecule has 1 amide bonds. The molecule has 0 aliphatic carbocycles. The van der Waals surface area contributed by atoms with Crippen molar-refractivity contribution in [1.82, 2.24) is 15.2 Å². The summed E-state index contributed by atoms with van der Waals surface area (Å²) in [5.41, 5.74) is 4.45. The lowest BCUT2D eigenvalue weighted by atomic mass is 10.2. The lowest BCUT2D eigenvalue weighted by molar-refractivity contribution is -0.122. The zero-order valence-corrected chi connectivity index (χ0v) is 18.1. The van der Waals surface area contributed by atoms with E-state index in [9.17, 15) is 4.79 Å². The van der Waals surface area contributed by atoms with Crippen LogP contribution in [-0.2, 0) is 11.3 Å². The van der Waals surface area contributed by atoms with Crippen molar-refractivity contribution in [3.05, 3.63) is 58.6 Å². The molecule has 0 unspecified atom stereocenters. The van der Waals surface area contributed by atoms with Crippen molar-refractivity contribution >= 4 is 23.7 Å². The Morgan fingerprint density at radius 2 is 1.83 bits per heavy atom. The molecule has 0 spiro atoms. The van der Waals surface area contributed by atoms with Crippen molar-refractivity contribution in [2.45, 2.75) is 6.54 Å². The molecule has 2 aromatic rings. The van der Waals surface area contributed by atoms with Gasteiger partial charge in [0, 0.05) is 43.3 Å². The molecule has 1 aliphatic rings. The Balaban J connectivity index is 1.44. The number of nitrogens with zero attached hydrogens (tertiary/aromatic N) is 3. The van der Waals surface area contributed by atoms with Gasteiger partial charge >= 0.3 is 0 Å². The van der Waals surface area contributed by atoms with Gasteiger partial charge in [-0.2, -0.15) is 5.10 Å². The Hall–Kier alpha value is -2.61. The van der Waals surface area contributed by atoms with E-state index in [2.05, 4.69) is 26.4 Å². The fourth-order valence-electron chi connectivity index (χ4n) is 3.33. The number of methoxy groups -OCH3 is 2. The predicted molar refractivity (Wildman–Crippen MR) is 118 cm³/mol. The number of hydrogen-bond donors (Lipinski definition) is 1. The maximum absolute atomic E-state index is 12.2. The number of hydrazone groups is 1. The first-order chi connectivity index (χ1) is 14.6. The lowest BCUT2D eigenvalue weighted by Crippen LogP contribution is -2.48. The van der Waals surface area contributed by atoms with E-state index in [1.165, 1.54) is 0 Å². The highest BCUT2D eigenvalue weighted by molar-refractivity contribution is 6.31. The SMILES string of the molecule is COc1ccc(OC)c(/C=N/NC(=O)CN2CCN(Cc3ccccc3Cl)CC2)c1. The summed E-state index contributed by atoms with van der Waals surface area (Å²) in [5.74, 6) is 1.20. The molecule has 2 aromatic carbocycles.